The normalized spacial score (nSPS) is 39.4. The predicted molar refractivity (Wildman–Crippen MR) is 64.3 cm³/mol. The van der Waals surface area contributed by atoms with E-state index in [0.29, 0.717) is 25.7 Å². The molecule has 2 fully saturated rings. The van der Waals surface area contributed by atoms with Gasteiger partial charge in [0.25, 0.3) is 0 Å². The van der Waals surface area contributed by atoms with Gasteiger partial charge in [-0.1, -0.05) is 0 Å². The number of aromatic nitrogens is 1. The van der Waals surface area contributed by atoms with Crippen molar-refractivity contribution in [3.05, 3.63) is 24.0 Å². The lowest BCUT2D eigenvalue weighted by Crippen LogP contribution is -2.24. The molecule has 17 heavy (non-hydrogen) atoms. The zero-order valence-corrected chi connectivity index (χ0v) is 10.4. The van der Waals surface area contributed by atoms with E-state index in [1.165, 1.54) is 0 Å². The summed E-state index contributed by atoms with van der Waals surface area (Å²) in [6.07, 6.45) is 5.73. The molecule has 0 spiro atoms. The second kappa shape index (κ2) is 3.85. The lowest BCUT2D eigenvalue weighted by atomic mass is 9.97. The highest BCUT2D eigenvalue weighted by molar-refractivity contribution is 7.93. The summed E-state index contributed by atoms with van der Waals surface area (Å²) in [5, 5.41) is 9.21. The number of sulfone groups is 1. The molecule has 4 nitrogen and oxygen atoms in total. The summed E-state index contributed by atoms with van der Waals surface area (Å²) in [6, 6.07) is 1.92. The number of nitrogens with one attached hydrogen (secondary N) is 1. The van der Waals surface area contributed by atoms with Gasteiger partial charge in [0.15, 0.2) is 9.84 Å². The minimum Gasteiger partial charge on any atom is -0.393 e. The quantitative estimate of drug-likeness (QED) is 0.824. The van der Waals surface area contributed by atoms with Gasteiger partial charge in [-0.2, -0.15) is 0 Å². The second-order valence-electron chi connectivity index (χ2n) is 5.22. The first-order valence-corrected chi connectivity index (χ1v) is 7.72. The zero-order chi connectivity index (χ0) is 12.0. The summed E-state index contributed by atoms with van der Waals surface area (Å²) < 4.78 is 24.6. The largest absolute Gasteiger partial charge is 0.393 e. The molecule has 1 saturated heterocycles. The van der Waals surface area contributed by atoms with E-state index in [2.05, 4.69) is 4.98 Å². The van der Waals surface area contributed by atoms with Crippen LogP contribution in [0.5, 0.6) is 0 Å². The summed E-state index contributed by atoms with van der Waals surface area (Å²) >= 11 is 0. The van der Waals surface area contributed by atoms with Crippen LogP contribution in [0.25, 0.3) is 0 Å². The maximum absolute atomic E-state index is 12.3. The van der Waals surface area contributed by atoms with Crippen molar-refractivity contribution < 1.29 is 13.5 Å². The monoisotopic (exact) mass is 255 g/mol. The maximum atomic E-state index is 12.3. The maximum Gasteiger partial charge on any atom is 0.156 e. The fraction of sp³-hybridized carbons (Fsp3) is 0.667. The molecule has 2 unspecified atom stereocenters. The minimum absolute atomic E-state index is 0.0241. The average Bonchev–Trinajstić information content (AvgIpc) is 2.93. The van der Waals surface area contributed by atoms with Gasteiger partial charge in [0, 0.05) is 18.3 Å². The summed E-state index contributed by atoms with van der Waals surface area (Å²) in [5.41, 5.74) is 1.04. The number of H-pyrrole nitrogens is 1. The first-order chi connectivity index (χ1) is 8.09. The van der Waals surface area contributed by atoms with Gasteiger partial charge < -0.3 is 10.1 Å². The molecule has 0 bridgehead atoms. The molecule has 1 aromatic heterocycles. The van der Waals surface area contributed by atoms with Crippen LogP contribution in [0.15, 0.2) is 18.5 Å². The van der Waals surface area contributed by atoms with Crippen LogP contribution in [-0.2, 0) is 16.3 Å². The molecule has 0 amide bonds. The molecular weight excluding hydrogens is 238 g/mol. The van der Waals surface area contributed by atoms with E-state index in [1.807, 2.05) is 18.5 Å². The number of fused-ring (bicyclic) bond motifs is 1. The van der Waals surface area contributed by atoms with Crippen LogP contribution in [0.3, 0.4) is 0 Å². The lowest BCUT2D eigenvalue weighted by molar-refractivity contribution is 0.132. The van der Waals surface area contributed by atoms with Crippen LogP contribution >= 0.6 is 0 Å². The highest BCUT2D eigenvalue weighted by atomic mass is 32.2. The summed E-state index contributed by atoms with van der Waals surface area (Å²) in [5.74, 6) is -0.0241. The zero-order valence-electron chi connectivity index (χ0n) is 9.54. The van der Waals surface area contributed by atoms with Crippen LogP contribution in [-0.4, -0.2) is 35.1 Å². The molecule has 1 aliphatic heterocycles. The van der Waals surface area contributed by atoms with Gasteiger partial charge in [0.05, 0.1) is 16.6 Å². The number of hydrogen-bond acceptors (Lipinski definition) is 3. The van der Waals surface area contributed by atoms with Crippen molar-refractivity contribution in [1.82, 2.24) is 4.98 Å². The number of aliphatic hydroxyl groups excluding tert-OH is 1. The Morgan fingerprint density at radius 3 is 2.88 bits per heavy atom. The van der Waals surface area contributed by atoms with Crippen molar-refractivity contribution in [2.45, 2.75) is 42.3 Å². The highest BCUT2D eigenvalue weighted by Gasteiger charge is 2.52. The summed E-state index contributed by atoms with van der Waals surface area (Å²) in [6.45, 7) is 0. The first-order valence-electron chi connectivity index (χ1n) is 6.11. The molecule has 0 radical (unpaired) electrons. The number of aromatic amines is 1. The Hall–Kier alpha value is -0.810. The highest BCUT2D eigenvalue weighted by Crippen LogP contribution is 2.44. The topological polar surface area (TPSA) is 70.2 Å². The van der Waals surface area contributed by atoms with Crippen molar-refractivity contribution in [1.29, 1.82) is 0 Å². The Morgan fingerprint density at radius 1 is 1.41 bits per heavy atom. The SMILES string of the molecule is O=S1(=O)C2CC[C@@H](O)C2C[C@@H]1Cc1cc[nH]c1. The number of aliphatic hydroxyl groups is 1. The Bertz CT molecular complexity index is 494. The molecular formula is C12H17NO3S. The van der Waals surface area contributed by atoms with Crippen LogP contribution in [0.1, 0.15) is 24.8 Å². The van der Waals surface area contributed by atoms with Crippen molar-refractivity contribution in [3.8, 4) is 0 Å². The molecule has 5 heteroatoms. The number of rotatable bonds is 2. The molecule has 3 rings (SSSR count). The van der Waals surface area contributed by atoms with E-state index in [1.54, 1.807) is 0 Å². The van der Waals surface area contributed by atoms with Crippen molar-refractivity contribution in [2.24, 2.45) is 5.92 Å². The fourth-order valence-electron chi connectivity index (χ4n) is 3.36. The van der Waals surface area contributed by atoms with Crippen LogP contribution in [0.2, 0.25) is 0 Å². The molecule has 2 N–H and O–H groups in total. The molecule has 1 aromatic rings. The third kappa shape index (κ3) is 1.72. The van der Waals surface area contributed by atoms with E-state index in [4.69, 9.17) is 0 Å². The third-order valence-corrected chi connectivity index (χ3v) is 6.98. The van der Waals surface area contributed by atoms with Crippen molar-refractivity contribution in [2.75, 3.05) is 0 Å². The Balaban J connectivity index is 1.84. The van der Waals surface area contributed by atoms with Gasteiger partial charge in [-0.05, 0) is 37.3 Å². The molecule has 2 heterocycles. The molecule has 1 saturated carbocycles. The molecule has 1 aliphatic carbocycles. The standard InChI is InChI=1S/C12H17NO3S/c14-11-1-2-12-10(11)6-9(17(12,15)16)5-8-3-4-13-7-8/h3-4,7,9-14H,1-2,5-6H2/t9-,10?,11+,12?/m0/s1. The summed E-state index contributed by atoms with van der Waals surface area (Å²) in [7, 11) is -3.05. The van der Waals surface area contributed by atoms with E-state index in [9.17, 15) is 13.5 Å². The molecule has 2 aliphatic rings. The van der Waals surface area contributed by atoms with E-state index >= 15 is 0 Å². The molecule has 4 atom stereocenters. The van der Waals surface area contributed by atoms with Gasteiger partial charge in [0.1, 0.15) is 0 Å². The Kier molecular flexibility index (Phi) is 2.56. The van der Waals surface area contributed by atoms with E-state index < -0.39 is 15.9 Å². The van der Waals surface area contributed by atoms with Gasteiger partial charge >= 0.3 is 0 Å². The van der Waals surface area contributed by atoms with Gasteiger partial charge in [-0.15, -0.1) is 0 Å². The van der Waals surface area contributed by atoms with Crippen LogP contribution in [0.4, 0.5) is 0 Å². The van der Waals surface area contributed by atoms with Crippen LogP contribution in [0, 0.1) is 5.92 Å². The fourth-order valence-corrected chi connectivity index (χ4v) is 6.01. The van der Waals surface area contributed by atoms with Crippen molar-refractivity contribution >= 4 is 9.84 Å². The van der Waals surface area contributed by atoms with E-state index in [-0.39, 0.29) is 16.4 Å². The van der Waals surface area contributed by atoms with Crippen molar-refractivity contribution in [3.63, 3.8) is 0 Å². The van der Waals surface area contributed by atoms with E-state index in [0.717, 1.165) is 5.56 Å². The summed E-state index contributed by atoms with van der Waals surface area (Å²) in [4.78, 5) is 2.95. The first kappa shape index (κ1) is 11.3. The Morgan fingerprint density at radius 2 is 2.24 bits per heavy atom. The van der Waals surface area contributed by atoms with Gasteiger partial charge in [-0.3, -0.25) is 0 Å². The average molecular weight is 255 g/mol. The van der Waals surface area contributed by atoms with Crippen LogP contribution < -0.4 is 0 Å². The lowest BCUT2D eigenvalue weighted by Gasteiger charge is -2.11. The Labute approximate surface area is 101 Å². The van der Waals surface area contributed by atoms with Gasteiger partial charge in [-0.25, -0.2) is 8.42 Å². The smallest absolute Gasteiger partial charge is 0.156 e. The number of hydrogen-bond donors (Lipinski definition) is 2. The van der Waals surface area contributed by atoms with Gasteiger partial charge in [0.2, 0.25) is 0 Å². The molecule has 94 valence electrons. The molecule has 0 aromatic carbocycles. The third-order valence-electron chi connectivity index (χ3n) is 4.27. The second-order valence-corrected chi connectivity index (χ2v) is 7.67. The predicted octanol–water partition coefficient (Wildman–Crippen LogP) is 0.884. The minimum atomic E-state index is -3.05.